The molecule has 0 aromatic carbocycles. The first kappa shape index (κ1) is 16.2. The van der Waals surface area contributed by atoms with E-state index < -0.39 is 0 Å². The maximum Gasteiger partial charge on any atom is 0.226 e. The highest BCUT2D eigenvalue weighted by Gasteiger charge is 2.26. The first-order valence-electron chi connectivity index (χ1n) is 9.38. The molecule has 0 bridgehead atoms. The van der Waals surface area contributed by atoms with E-state index in [1.165, 1.54) is 25.7 Å². The topological polar surface area (TPSA) is 63.9 Å². The smallest absolute Gasteiger partial charge is 0.226 e. The molecule has 4 rings (SSSR count). The molecule has 6 nitrogen and oxygen atoms in total. The normalized spacial score (nSPS) is 19.4. The van der Waals surface area contributed by atoms with E-state index >= 15 is 0 Å². The van der Waals surface area contributed by atoms with Crippen LogP contribution in [-0.4, -0.2) is 43.9 Å². The third kappa shape index (κ3) is 3.72. The Morgan fingerprint density at radius 3 is 2.52 bits per heavy atom. The van der Waals surface area contributed by atoms with Gasteiger partial charge in [-0.25, -0.2) is 4.68 Å². The maximum atomic E-state index is 12.5. The lowest BCUT2D eigenvalue weighted by molar-refractivity contribution is -0.131. The number of nitrogens with zero attached hydrogens (tertiary/aromatic N) is 5. The number of hydrogen-bond donors (Lipinski definition) is 0. The van der Waals surface area contributed by atoms with Gasteiger partial charge >= 0.3 is 0 Å². The number of amides is 1. The predicted octanol–water partition coefficient (Wildman–Crippen LogP) is 2.74. The lowest BCUT2D eigenvalue weighted by Gasteiger charge is -2.32. The van der Waals surface area contributed by atoms with Crippen LogP contribution >= 0.6 is 0 Å². The van der Waals surface area contributed by atoms with Crippen LogP contribution in [-0.2, 0) is 11.2 Å². The van der Waals surface area contributed by atoms with Crippen molar-refractivity contribution in [2.24, 2.45) is 0 Å². The molecule has 2 aromatic rings. The van der Waals surface area contributed by atoms with E-state index in [2.05, 4.69) is 21.5 Å². The molecule has 25 heavy (non-hydrogen) atoms. The number of likely N-dealkylation sites (tertiary alicyclic amines) is 1. The fourth-order valence-electron chi connectivity index (χ4n) is 4.04. The highest BCUT2D eigenvalue weighted by atomic mass is 16.2. The Hall–Kier alpha value is -2.24. The van der Waals surface area contributed by atoms with Crippen molar-refractivity contribution in [1.29, 1.82) is 0 Å². The summed E-state index contributed by atoms with van der Waals surface area (Å²) in [5, 5.41) is 8.79. The van der Waals surface area contributed by atoms with E-state index in [-0.39, 0.29) is 5.91 Å². The molecule has 6 heteroatoms. The van der Waals surface area contributed by atoms with Crippen molar-refractivity contribution in [1.82, 2.24) is 24.9 Å². The molecule has 1 saturated heterocycles. The van der Waals surface area contributed by atoms with Crippen LogP contribution in [0.15, 0.2) is 30.7 Å². The molecular formula is C19H25N5O. The van der Waals surface area contributed by atoms with Gasteiger partial charge in [-0.3, -0.25) is 9.78 Å². The summed E-state index contributed by atoms with van der Waals surface area (Å²) < 4.78 is 2.04. The Morgan fingerprint density at radius 2 is 1.80 bits per heavy atom. The molecule has 1 amide bonds. The van der Waals surface area contributed by atoms with Gasteiger partial charge in [-0.1, -0.05) is 18.1 Å². The van der Waals surface area contributed by atoms with Crippen LogP contribution in [0.25, 0.3) is 0 Å². The number of hydrogen-bond acceptors (Lipinski definition) is 4. The van der Waals surface area contributed by atoms with Gasteiger partial charge in [-0.05, 0) is 43.4 Å². The van der Waals surface area contributed by atoms with Gasteiger partial charge in [0.15, 0.2) is 0 Å². The summed E-state index contributed by atoms with van der Waals surface area (Å²) in [6, 6.07) is 4.18. The van der Waals surface area contributed by atoms with Crippen LogP contribution in [0.4, 0.5) is 0 Å². The largest absolute Gasteiger partial charge is 0.342 e. The lowest BCUT2D eigenvalue weighted by atomic mass is 10.0. The van der Waals surface area contributed by atoms with Crippen molar-refractivity contribution < 1.29 is 4.79 Å². The Morgan fingerprint density at radius 1 is 1.08 bits per heavy atom. The summed E-state index contributed by atoms with van der Waals surface area (Å²) in [6.07, 6.45) is 13.1. The average Bonchev–Trinajstić information content (AvgIpc) is 3.34. The zero-order chi connectivity index (χ0) is 17.1. The van der Waals surface area contributed by atoms with Gasteiger partial charge in [0, 0.05) is 37.6 Å². The SMILES string of the molecule is O=C(Cc1ccncc1)N1CCC(n2cc(C3CCCC3)nn2)CC1. The van der Waals surface area contributed by atoms with Crippen LogP contribution in [0, 0.1) is 0 Å². The van der Waals surface area contributed by atoms with Crippen molar-refractivity contribution in [2.75, 3.05) is 13.1 Å². The minimum Gasteiger partial charge on any atom is -0.342 e. The molecule has 0 radical (unpaired) electrons. The molecule has 0 unspecified atom stereocenters. The van der Waals surface area contributed by atoms with Crippen molar-refractivity contribution >= 4 is 5.91 Å². The summed E-state index contributed by atoms with van der Waals surface area (Å²) in [5.41, 5.74) is 2.19. The highest BCUT2D eigenvalue weighted by Crippen LogP contribution is 2.33. The van der Waals surface area contributed by atoms with Crippen molar-refractivity contribution in [3.8, 4) is 0 Å². The van der Waals surface area contributed by atoms with E-state index in [1.54, 1.807) is 12.4 Å². The average molecular weight is 339 g/mol. The fraction of sp³-hybridized carbons (Fsp3) is 0.579. The summed E-state index contributed by atoms with van der Waals surface area (Å²) in [6.45, 7) is 1.60. The second-order valence-electron chi connectivity index (χ2n) is 7.25. The van der Waals surface area contributed by atoms with Gasteiger partial charge in [-0.2, -0.15) is 0 Å². The van der Waals surface area contributed by atoms with E-state index in [0.29, 0.717) is 18.4 Å². The van der Waals surface area contributed by atoms with E-state index in [4.69, 9.17) is 0 Å². The van der Waals surface area contributed by atoms with E-state index in [0.717, 1.165) is 37.2 Å². The Balaban J connectivity index is 1.31. The molecular weight excluding hydrogens is 314 g/mol. The maximum absolute atomic E-state index is 12.5. The number of carbonyl (C=O) groups excluding carboxylic acids is 1. The molecule has 2 fully saturated rings. The zero-order valence-corrected chi connectivity index (χ0v) is 14.5. The molecule has 1 aliphatic heterocycles. The van der Waals surface area contributed by atoms with Crippen LogP contribution in [0.2, 0.25) is 0 Å². The Bertz CT molecular complexity index is 700. The third-order valence-corrected chi connectivity index (χ3v) is 5.60. The quantitative estimate of drug-likeness (QED) is 0.859. The van der Waals surface area contributed by atoms with Crippen molar-refractivity contribution in [3.63, 3.8) is 0 Å². The molecule has 0 N–H and O–H groups in total. The monoisotopic (exact) mass is 339 g/mol. The summed E-state index contributed by atoms with van der Waals surface area (Å²) in [4.78, 5) is 18.4. The molecule has 0 spiro atoms. The van der Waals surface area contributed by atoms with Crippen molar-refractivity contribution in [2.45, 2.75) is 56.9 Å². The molecule has 2 aromatic heterocycles. The summed E-state index contributed by atoms with van der Waals surface area (Å²) in [5.74, 6) is 0.811. The van der Waals surface area contributed by atoms with E-state index in [1.807, 2.05) is 21.7 Å². The standard InChI is InChI=1S/C19H25N5O/c25-19(13-15-5-9-20-10-6-15)23-11-7-17(8-12-23)24-14-18(21-22-24)16-3-1-2-4-16/h5-6,9-10,14,16-17H,1-4,7-8,11-13H2. The molecule has 0 atom stereocenters. The Kier molecular flexibility index (Phi) is 4.76. The molecule has 1 aliphatic carbocycles. The van der Waals surface area contributed by atoms with Gasteiger partial charge in [0.25, 0.3) is 0 Å². The van der Waals surface area contributed by atoms with Crippen molar-refractivity contribution in [3.05, 3.63) is 42.0 Å². The van der Waals surface area contributed by atoms with Crippen LogP contribution in [0.3, 0.4) is 0 Å². The predicted molar refractivity (Wildman–Crippen MR) is 94.0 cm³/mol. The van der Waals surface area contributed by atoms with Crippen LogP contribution in [0.1, 0.15) is 61.7 Å². The minimum absolute atomic E-state index is 0.204. The van der Waals surface area contributed by atoms with Gasteiger partial charge in [0.1, 0.15) is 0 Å². The van der Waals surface area contributed by atoms with Gasteiger partial charge in [0.05, 0.1) is 18.2 Å². The number of piperidine rings is 1. The van der Waals surface area contributed by atoms with Crippen LogP contribution in [0.5, 0.6) is 0 Å². The molecule has 132 valence electrons. The third-order valence-electron chi connectivity index (χ3n) is 5.60. The fourth-order valence-corrected chi connectivity index (χ4v) is 4.04. The number of aromatic nitrogens is 4. The molecule has 1 saturated carbocycles. The summed E-state index contributed by atoms with van der Waals surface area (Å²) >= 11 is 0. The van der Waals surface area contributed by atoms with Crippen LogP contribution < -0.4 is 0 Å². The highest BCUT2D eigenvalue weighted by molar-refractivity contribution is 5.78. The first-order chi connectivity index (χ1) is 12.3. The molecule has 2 aliphatic rings. The van der Waals surface area contributed by atoms with Gasteiger partial charge in [-0.15, -0.1) is 5.10 Å². The first-order valence-corrected chi connectivity index (χ1v) is 9.38. The second kappa shape index (κ2) is 7.33. The molecule has 3 heterocycles. The lowest BCUT2D eigenvalue weighted by Crippen LogP contribution is -2.40. The number of carbonyl (C=O) groups is 1. The Labute approximate surface area is 148 Å². The zero-order valence-electron chi connectivity index (χ0n) is 14.5. The van der Waals surface area contributed by atoms with Gasteiger partial charge < -0.3 is 4.90 Å². The minimum atomic E-state index is 0.204. The van der Waals surface area contributed by atoms with Gasteiger partial charge in [0.2, 0.25) is 5.91 Å². The summed E-state index contributed by atoms with van der Waals surface area (Å²) in [7, 11) is 0. The second-order valence-corrected chi connectivity index (χ2v) is 7.25. The van der Waals surface area contributed by atoms with E-state index in [9.17, 15) is 4.79 Å². The number of rotatable bonds is 4. The number of pyridine rings is 1.